The predicted octanol–water partition coefficient (Wildman–Crippen LogP) is 2.36. The van der Waals surface area contributed by atoms with E-state index in [4.69, 9.17) is 0 Å². The van der Waals surface area contributed by atoms with Crippen LogP contribution in [0.25, 0.3) is 0 Å². The van der Waals surface area contributed by atoms with Crippen molar-refractivity contribution in [3.8, 4) is 0 Å². The van der Waals surface area contributed by atoms with Gasteiger partial charge in [0.2, 0.25) is 0 Å². The van der Waals surface area contributed by atoms with Gasteiger partial charge in [0, 0.05) is 17.6 Å². The predicted molar refractivity (Wildman–Crippen MR) is 71.3 cm³/mol. The van der Waals surface area contributed by atoms with Crippen molar-refractivity contribution in [1.82, 2.24) is 4.98 Å². The number of methoxy groups -OCH3 is 1. The average molecular weight is 258 g/mol. The second kappa shape index (κ2) is 5.39. The normalized spacial score (nSPS) is 10.0. The van der Waals surface area contributed by atoms with Gasteiger partial charge in [0.05, 0.1) is 18.2 Å². The van der Waals surface area contributed by atoms with Gasteiger partial charge >= 0.3 is 5.97 Å². The molecule has 2 aromatic rings. The fourth-order valence-electron chi connectivity index (χ4n) is 1.70. The number of rotatable bonds is 3. The van der Waals surface area contributed by atoms with Gasteiger partial charge in [-0.15, -0.1) is 0 Å². The Balaban J connectivity index is 2.10. The van der Waals surface area contributed by atoms with E-state index in [0.29, 0.717) is 16.8 Å². The van der Waals surface area contributed by atoms with Crippen LogP contribution in [0.4, 0.5) is 5.69 Å². The molecule has 0 unspecified atom stereocenters. The van der Waals surface area contributed by atoms with Crippen molar-refractivity contribution >= 4 is 17.6 Å². The third kappa shape index (κ3) is 2.82. The van der Waals surface area contributed by atoms with Crippen LogP contribution in [-0.2, 0) is 4.74 Å². The molecule has 1 amide bonds. The highest BCUT2D eigenvalue weighted by Crippen LogP contribution is 2.13. The van der Waals surface area contributed by atoms with E-state index in [1.807, 2.05) is 6.92 Å². The molecule has 0 fully saturated rings. The number of benzene rings is 1. The van der Waals surface area contributed by atoms with Gasteiger partial charge in [-0.05, 0) is 37.3 Å². The molecular formula is C14H14N2O3. The SMILES string of the molecule is COC(=O)c1ccc(NC(=O)c2cc[nH]c2C)cc1. The molecule has 0 aliphatic heterocycles. The molecule has 0 atom stereocenters. The number of aromatic amines is 1. The summed E-state index contributed by atoms with van der Waals surface area (Å²) < 4.78 is 4.60. The maximum atomic E-state index is 11.9. The van der Waals surface area contributed by atoms with Crippen molar-refractivity contribution < 1.29 is 14.3 Å². The van der Waals surface area contributed by atoms with Crippen molar-refractivity contribution in [3.05, 3.63) is 53.3 Å². The standard InChI is InChI=1S/C14H14N2O3/c1-9-12(7-8-15-9)13(17)16-11-5-3-10(4-6-11)14(18)19-2/h3-8,15H,1-2H3,(H,16,17). The highest BCUT2D eigenvalue weighted by atomic mass is 16.5. The number of hydrogen-bond acceptors (Lipinski definition) is 3. The molecule has 5 nitrogen and oxygen atoms in total. The molecule has 1 aromatic heterocycles. The number of anilines is 1. The van der Waals surface area contributed by atoms with Gasteiger partial charge in [0.25, 0.3) is 5.91 Å². The van der Waals surface area contributed by atoms with E-state index < -0.39 is 5.97 Å². The Morgan fingerprint density at radius 1 is 1.16 bits per heavy atom. The average Bonchev–Trinajstić information content (AvgIpc) is 2.85. The van der Waals surface area contributed by atoms with E-state index in [1.165, 1.54) is 7.11 Å². The minimum absolute atomic E-state index is 0.190. The van der Waals surface area contributed by atoms with Crippen LogP contribution in [-0.4, -0.2) is 24.0 Å². The van der Waals surface area contributed by atoms with Crippen LogP contribution in [0.15, 0.2) is 36.5 Å². The Labute approximate surface area is 110 Å². The Morgan fingerprint density at radius 2 is 1.84 bits per heavy atom. The Morgan fingerprint density at radius 3 is 2.37 bits per heavy atom. The fraction of sp³-hybridized carbons (Fsp3) is 0.143. The zero-order valence-electron chi connectivity index (χ0n) is 10.7. The van der Waals surface area contributed by atoms with E-state index in [0.717, 1.165) is 5.69 Å². The molecule has 5 heteroatoms. The first-order valence-electron chi connectivity index (χ1n) is 5.75. The number of aryl methyl sites for hydroxylation is 1. The smallest absolute Gasteiger partial charge is 0.337 e. The van der Waals surface area contributed by atoms with Crippen molar-refractivity contribution in [2.75, 3.05) is 12.4 Å². The molecular weight excluding hydrogens is 244 g/mol. The Kier molecular flexibility index (Phi) is 3.66. The monoisotopic (exact) mass is 258 g/mol. The Bertz CT molecular complexity index is 599. The van der Waals surface area contributed by atoms with Gasteiger partial charge in [-0.1, -0.05) is 0 Å². The number of hydrogen-bond donors (Lipinski definition) is 2. The minimum atomic E-state index is -0.403. The molecule has 0 saturated heterocycles. The lowest BCUT2D eigenvalue weighted by atomic mass is 10.2. The molecule has 19 heavy (non-hydrogen) atoms. The number of nitrogens with one attached hydrogen (secondary N) is 2. The van der Waals surface area contributed by atoms with Gasteiger partial charge in [0.1, 0.15) is 0 Å². The highest BCUT2D eigenvalue weighted by Gasteiger charge is 2.10. The summed E-state index contributed by atoms with van der Waals surface area (Å²) in [4.78, 5) is 26.2. The van der Waals surface area contributed by atoms with Gasteiger partial charge in [-0.3, -0.25) is 4.79 Å². The first-order chi connectivity index (χ1) is 9.11. The number of carbonyl (C=O) groups excluding carboxylic acids is 2. The molecule has 98 valence electrons. The quantitative estimate of drug-likeness (QED) is 0.830. The van der Waals surface area contributed by atoms with Crippen LogP contribution in [0.5, 0.6) is 0 Å². The lowest BCUT2D eigenvalue weighted by Gasteiger charge is -2.05. The van der Waals surface area contributed by atoms with Crippen LogP contribution in [0, 0.1) is 6.92 Å². The van der Waals surface area contributed by atoms with Crippen molar-refractivity contribution in [1.29, 1.82) is 0 Å². The van der Waals surface area contributed by atoms with E-state index in [2.05, 4.69) is 15.0 Å². The zero-order chi connectivity index (χ0) is 13.8. The maximum Gasteiger partial charge on any atom is 0.337 e. The summed E-state index contributed by atoms with van der Waals surface area (Å²) in [6.07, 6.45) is 1.71. The van der Waals surface area contributed by atoms with Crippen LogP contribution < -0.4 is 5.32 Å². The molecule has 0 aliphatic carbocycles. The lowest BCUT2D eigenvalue weighted by molar-refractivity contribution is 0.0600. The van der Waals surface area contributed by atoms with Crippen molar-refractivity contribution in [2.24, 2.45) is 0 Å². The minimum Gasteiger partial charge on any atom is -0.465 e. The largest absolute Gasteiger partial charge is 0.465 e. The van der Waals surface area contributed by atoms with Gasteiger partial charge in [-0.25, -0.2) is 4.79 Å². The Hall–Kier alpha value is -2.56. The number of esters is 1. The van der Waals surface area contributed by atoms with E-state index in [9.17, 15) is 9.59 Å². The molecule has 2 rings (SSSR count). The maximum absolute atomic E-state index is 11.9. The molecule has 0 radical (unpaired) electrons. The van der Waals surface area contributed by atoms with Gasteiger partial charge in [-0.2, -0.15) is 0 Å². The summed E-state index contributed by atoms with van der Waals surface area (Å²) >= 11 is 0. The summed E-state index contributed by atoms with van der Waals surface area (Å²) in [5.41, 5.74) is 2.47. The number of carbonyl (C=O) groups is 2. The number of aromatic nitrogens is 1. The number of ether oxygens (including phenoxy) is 1. The first-order valence-corrected chi connectivity index (χ1v) is 5.75. The zero-order valence-corrected chi connectivity index (χ0v) is 10.7. The van der Waals surface area contributed by atoms with Crippen molar-refractivity contribution in [2.45, 2.75) is 6.92 Å². The van der Waals surface area contributed by atoms with E-state index >= 15 is 0 Å². The van der Waals surface area contributed by atoms with Crippen LogP contribution in [0.2, 0.25) is 0 Å². The van der Waals surface area contributed by atoms with Gasteiger partial charge in [0.15, 0.2) is 0 Å². The van der Waals surface area contributed by atoms with E-state index in [-0.39, 0.29) is 5.91 Å². The molecule has 0 aliphatic rings. The second-order valence-electron chi connectivity index (χ2n) is 4.04. The molecule has 0 bridgehead atoms. The topological polar surface area (TPSA) is 71.2 Å². The molecule has 0 spiro atoms. The third-order valence-electron chi connectivity index (χ3n) is 2.76. The lowest BCUT2D eigenvalue weighted by Crippen LogP contribution is -2.12. The number of amides is 1. The second-order valence-corrected chi connectivity index (χ2v) is 4.04. The summed E-state index contributed by atoms with van der Waals surface area (Å²) in [7, 11) is 1.33. The first kappa shape index (κ1) is 12.9. The van der Waals surface area contributed by atoms with E-state index in [1.54, 1.807) is 36.5 Å². The molecule has 2 N–H and O–H groups in total. The van der Waals surface area contributed by atoms with Crippen LogP contribution in [0.3, 0.4) is 0 Å². The highest BCUT2D eigenvalue weighted by molar-refractivity contribution is 6.05. The fourth-order valence-corrected chi connectivity index (χ4v) is 1.70. The summed E-state index contributed by atoms with van der Waals surface area (Å²) in [5, 5.41) is 2.76. The van der Waals surface area contributed by atoms with Crippen molar-refractivity contribution in [3.63, 3.8) is 0 Å². The molecule has 1 heterocycles. The third-order valence-corrected chi connectivity index (χ3v) is 2.76. The molecule has 1 aromatic carbocycles. The number of H-pyrrole nitrogens is 1. The molecule has 0 saturated carbocycles. The van der Waals surface area contributed by atoms with Crippen LogP contribution >= 0.6 is 0 Å². The van der Waals surface area contributed by atoms with Gasteiger partial charge < -0.3 is 15.0 Å². The summed E-state index contributed by atoms with van der Waals surface area (Å²) in [5.74, 6) is -0.594. The van der Waals surface area contributed by atoms with Crippen LogP contribution in [0.1, 0.15) is 26.4 Å². The summed E-state index contributed by atoms with van der Waals surface area (Å²) in [6, 6.07) is 8.24. The summed E-state index contributed by atoms with van der Waals surface area (Å²) in [6.45, 7) is 1.83.